The van der Waals surface area contributed by atoms with Gasteiger partial charge in [0.25, 0.3) is 0 Å². The molecule has 0 bridgehead atoms. The number of nitrogens with zero attached hydrogens (tertiary/aromatic N) is 1. The highest BCUT2D eigenvalue weighted by atomic mass is 16.5. The highest BCUT2D eigenvalue weighted by Gasteiger charge is 2.18. The Hall–Kier alpha value is -3.19. The Labute approximate surface area is 163 Å². The van der Waals surface area contributed by atoms with Gasteiger partial charge in [-0.1, -0.05) is 12.1 Å². The Morgan fingerprint density at radius 1 is 1.07 bits per heavy atom. The van der Waals surface area contributed by atoms with Crippen LogP contribution in [0.5, 0.6) is 17.2 Å². The van der Waals surface area contributed by atoms with Crippen LogP contribution in [-0.2, 0) is 0 Å². The van der Waals surface area contributed by atoms with Gasteiger partial charge in [0, 0.05) is 16.8 Å². The minimum atomic E-state index is -0.542. The van der Waals surface area contributed by atoms with Crippen LogP contribution in [0.25, 0.3) is 22.7 Å². The summed E-state index contributed by atoms with van der Waals surface area (Å²) in [5.74, 6) is 1.54. The number of nitrogens with one attached hydrogen (secondary N) is 1. The molecule has 0 saturated carbocycles. The average Bonchev–Trinajstić information content (AvgIpc) is 3.08. The topological polar surface area (TPSA) is 97.0 Å². The number of ether oxygens (including phenoxy) is 2. The smallest absolute Gasteiger partial charge is 0.227 e. The Morgan fingerprint density at radius 2 is 1.68 bits per heavy atom. The minimum Gasteiger partial charge on any atom is -0.502 e. The Kier molecular flexibility index (Phi) is 5.75. The number of anilines is 1. The molecule has 1 unspecified atom stereocenters. The van der Waals surface area contributed by atoms with Crippen molar-refractivity contribution in [1.82, 2.24) is 4.98 Å². The van der Waals surface area contributed by atoms with E-state index in [1.807, 2.05) is 31.2 Å². The fourth-order valence-electron chi connectivity index (χ4n) is 2.75. The van der Waals surface area contributed by atoms with E-state index in [0.29, 0.717) is 22.9 Å². The molecule has 1 heterocycles. The number of benzene rings is 2. The van der Waals surface area contributed by atoms with Gasteiger partial charge in [0.1, 0.15) is 11.5 Å². The van der Waals surface area contributed by atoms with Gasteiger partial charge in [0.15, 0.2) is 11.5 Å². The lowest BCUT2D eigenvalue weighted by Crippen LogP contribution is -2.08. The van der Waals surface area contributed by atoms with Gasteiger partial charge in [0.2, 0.25) is 11.6 Å². The molecule has 1 atom stereocenters. The van der Waals surface area contributed by atoms with Crippen LogP contribution in [0, 0.1) is 13.5 Å². The molecule has 1 aromatic heterocycles. The third-order valence-corrected chi connectivity index (χ3v) is 4.17. The molecule has 1 radical (unpaired) electrons. The fraction of sp³-hybridized carbons (Fsp3) is 0.238. The number of rotatable bonds is 7. The first-order valence-electron chi connectivity index (χ1n) is 8.74. The van der Waals surface area contributed by atoms with Crippen molar-refractivity contribution in [3.63, 3.8) is 0 Å². The molecule has 0 fully saturated rings. The van der Waals surface area contributed by atoms with Gasteiger partial charge in [-0.25, -0.2) is 4.98 Å². The second-order valence-electron chi connectivity index (χ2n) is 6.28. The zero-order chi connectivity index (χ0) is 20.3. The highest BCUT2D eigenvalue weighted by Crippen LogP contribution is 2.41. The molecule has 2 aromatic carbocycles. The molecule has 0 aliphatic heterocycles. The lowest BCUT2D eigenvalue weighted by molar-refractivity contribution is 0.229. The number of phenolic OH excluding ortho intramolecular Hbond substituents is 1. The van der Waals surface area contributed by atoms with Crippen molar-refractivity contribution in [1.29, 1.82) is 0 Å². The van der Waals surface area contributed by atoms with Crippen LogP contribution >= 0.6 is 0 Å². The molecule has 0 saturated heterocycles. The van der Waals surface area contributed by atoms with Crippen molar-refractivity contribution in [2.75, 3.05) is 19.5 Å². The van der Waals surface area contributed by atoms with E-state index in [4.69, 9.17) is 13.9 Å². The van der Waals surface area contributed by atoms with Crippen LogP contribution in [0.3, 0.4) is 0 Å². The molecule has 147 valence electrons. The fourth-order valence-corrected chi connectivity index (χ4v) is 2.75. The number of phenols is 1. The number of aliphatic hydroxyl groups is 1. The summed E-state index contributed by atoms with van der Waals surface area (Å²) in [6.07, 6.45) is -0.542. The third-order valence-electron chi connectivity index (χ3n) is 4.17. The van der Waals surface area contributed by atoms with Crippen LogP contribution in [0.1, 0.15) is 12.7 Å². The first kappa shape index (κ1) is 19.6. The van der Waals surface area contributed by atoms with E-state index >= 15 is 0 Å². The summed E-state index contributed by atoms with van der Waals surface area (Å²) in [5.41, 5.74) is 3.10. The van der Waals surface area contributed by atoms with E-state index in [9.17, 15) is 10.2 Å². The Morgan fingerprint density at radius 3 is 2.21 bits per heavy atom. The quantitative estimate of drug-likeness (QED) is 0.567. The van der Waals surface area contributed by atoms with E-state index in [2.05, 4.69) is 10.3 Å². The summed E-state index contributed by atoms with van der Waals surface area (Å²) in [6, 6.07) is 10.9. The lowest BCUT2D eigenvalue weighted by atomic mass is 10.1. The Balaban J connectivity index is 1.91. The van der Waals surface area contributed by atoms with Crippen molar-refractivity contribution >= 4 is 5.69 Å². The van der Waals surface area contributed by atoms with Crippen molar-refractivity contribution < 1.29 is 24.1 Å². The summed E-state index contributed by atoms with van der Waals surface area (Å²) >= 11 is 0. The number of aryl methyl sites for hydroxylation is 1. The molecular formula is C21H23N2O5. The van der Waals surface area contributed by atoms with Crippen LogP contribution in [0.2, 0.25) is 0 Å². The summed E-state index contributed by atoms with van der Waals surface area (Å²) in [4.78, 5) is 4.61. The number of aromatic nitrogens is 1. The second kappa shape index (κ2) is 8.22. The number of hydrogen-bond donors (Lipinski definition) is 3. The van der Waals surface area contributed by atoms with Crippen molar-refractivity contribution in [3.8, 4) is 40.0 Å². The van der Waals surface area contributed by atoms with Gasteiger partial charge in [-0.2, -0.15) is 0 Å². The zero-order valence-corrected chi connectivity index (χ0v) is 16.2. The normalized spacial score (nSPS) is 11.9. The van der Waals surface area contributed by atoms with Crippen LogP contribution in [0.4, 0.5) is 5.69 Å². The largest absolute Gasteiger partial charge is 0.502 e. The molecule has 28 heavy (non-hydrogen) atoms. The molecule has 0 aliphatic rings. The van der Waals surface area contributed by atoms with E-state index in [-0.39, 0.29) is 17.2 Å². The monoisotopic (exact) mass is 383 g/mol. The molecule has 3 rings (SSSR count). The average molecular weight is 383 g/mol. The molecule has 0 spiro atoms. The van der Waals surface area contributed by atoms with Crippen molar-refractivity contribution in [2.24, 2.45) is 0 Å². The SMILES string of the molecule is COc1cc(-c2nc(-c3ccc(N[CH]C(C)O)cc3)c(C)o2)cc(OC)c1O. The minimum absolute atomic E-state index is 0.0747. The van der Waals surface area contributed by atoms with Gasteiger partial charge in [-0.05, 0) is 38.1 Å². The number of aromatic hydroxyl groups is 1. The summed E-state index contributed by atoms with van der Waals surface area (Å²) in [6.45, 7) is 5.11. The number of oxazole rings is 1. The van der Waals surface area contributed by atoms with Crippen LogP contribution in [0.15, 0.2) is 40.8 Å². The van der Waals surface area contributed by atoms with E-state index in [1.165, 1.54) is 14.2 Å². The van der Waals surface area contributed by atoms with Gasteiger partial charge in [-0.3, -0.25) is 0 Å². The molecular weight excluding hydrogens is 360 g/mol. The first-order valence-corrected chi connectivity index (χ1v) is 8.74. The van der Waals surface area contributed by atoms with E-state index in [1.54, 1.807) is 25.6 Å². The summed E-state index contributed by atoms with van der Waals surface area (Å²) in [5, 5.41) is 22.4. The van der Waals surface area contributed by atoms with Gasteiger partial charge in [0.05, 0.1) is 26.9 Å². The van der Waals surface area contributed by atoms with Gasteiger partial charge < -0.3 is 29.4 Å². The molecule has 0 aliphatic carbocycles. The molecule has 3 aromatic rings. The molecule has 0 amide bonds. The van der Waals surface area contributed by atoms with Crippen LogP contribution < -0.4 is 14.8 Å². The number of aliphatic hydroxyl groups excluding tert-OH is 1. The maximum Gasteiger partial charge on any atom is 0.227 e. The number of hydrogen-bond acceptors (Lipinski definition) is 7. The number of methoxy groups -OCH3 is 2. The first-order chi connectivity index (χ1) is 13.4. The van der Waals surface area contributed by atoms with E-state index in [0.717, 1.165) is 11.3 Å². The highest BCUT2D eigenvalue weighted by molar-refractivity contribution is 5.70. The Bertz CT molecular complexity index is 923. The second-order valence-corrected chi connectivity index (χ2v) is 6.28. The van der Waals surface area contributed by atoms with Crippen LogP contribution in [-0.4, -0.2) is 35.5 Å². The van der Waals surface area contributed by atoms with Crippen molar-refractivity contribution in [2.45, 2.75) is 20.0 Å². The maximum atomic E-state index is 10.1. The zero-order valence-electron chi connectivity index (χ0n) is 16.2. The maximum absolute atomic E-state index is 10.1. The summed E-state index contributed by atoms with van der Waals surface area (Å²) < 4.78 is 16.2. The lowest BCUT2D eigenvalue weighted by Gasteiger charge is -2.09. The molecule has 7 heteroatoms. The standard InChI is InChI=1S/C21H23N2O5/c1-12(24)11-22-16-7-5-14(6-8-16)19-13(2)28-21(23-19)15-9-17(26-3)20(25)18(10-15)27-4/h5-12,22,24-25H,1-4H3. The molecule has 3 N–H and O–H groups in total. The summed E-state index contributed by atoms with van der Waals surface area (Å²) in [7, 11) is 2.93. The van der Waals surface area contributed by atoms with Gasteiger partial charge >= 0.3 is 0 Å². The predicted octanol–water partition coefficient (Wildman–Crippen LogP) is 3.99. The van der Waals surface area contributed by atoms with Crippen molar-refractivity contribution in [3.05, 3.63) is 48.7 Å². The van der Waals surface area contributed by atoms with Gasteiger partial charge in [-0.15, -0.1) is 0 Å². The molecule has 7 nitrogen and oxygen atoms in total. The third kappa shape index (κ3) is 4.04. The predicted molar refractivity (Wildman–Crippen MR) is 106 cm³/mol. The van der Waals surface area contributed by atoms with E-state index < -0.39 is 6.10 Å².